The maximum Gasteiger partial charge on any atom is 4.00 e. The van der Waals surface area contributed by atoms with Gasteiger partial charge in [-0.1, -0.05) is 131 Å². The molecule has 0 spiro atoms. The van der Waals surface area contributed by atoms with E-state index in [1.807, 2.05) is 226 Å². The topological polar surface area (TPSA) is 52.6 Å². The Labute approximate surface area is 546 Å². The molecule has 0 saturated heterocycles. The van der Waals surface area contributed by atoms with Gasteiger partial charge in [-0.2, -0.15) is 179 Å². The molecule has 1 atom stereocenters. The molecule has 0 fully saturated rings. The largest absolute Gasteiger partial charge is 4.00 e. The van der Waals surface area contributed by atoms with Crippen LogP contribution in [-0.4, -0.2) is 35.9 Å². The molecular weight excluding hydrogens is 1180 g/mol. The summed E-state index contributed by atoms with van der Waals surface area (Å²) in [6.07, 6.45) is 0.157. The van der Waals surface area contributed by atoms with Gasteiger partial charge in [-0.05, 0) is 38.3 Å². The predicted octanol–water partition coefficient (Wildman–Crippen LogP) is 19.9. The van der Waals surface area contributed by atoms with Crippen molar-refractivity contribution in [2.24, 2.45) is 4.99 Å². The zero-order valence-corrected chi connectivity index (χ0v) is 57.0. The van der Waals surface area contributed by atoms with E-state index in [0.29, 0.717) is 0 Å². The molecule has 434 valence electrons. The molecule has 9 rings (SSSR count). The van der Waals surface area contributed by atoms with Crippen LogP contribution in [0.15, 0.2) is 278 Å². The Balaban J connectivity index is 0. The molecule has 9 aromatic rings. The van der Waals surface area contributed by atoms with Crippen LogP contribution in [0.3, 0.4) is 0 Å². The van der Waals surface area contributed by atoms with Crippen LogP contribution in [0.4, 0.5) is 0 Å². The maximum atomic E-state index is 4.80. The standard InChI is InChI=1S/C19H25N2P.C8H18N2.7C7H7.2Zr/c1-5-20-18(21-19(2,3)4)22(16-12-8-6-9-13-16)17-14-10-7-11-15-17;1-6-9-7(2)10-8(3,4)5;7*1-7-5-3-2-4-6-7;;/h6-15H,5H2,1-4H3,(H,20,21);7H,6H2,1-5H3;7*2-6H,1H2;;/q;-2;7*-1;;+4. The van der Waals surface area contributed by atoms with E-state index in [4.69, 9.17) is 4.99 Å². The summed E-state index contributed by atoms with van der Waals surface area (Å²) in [7, 11) is -0.646. The summed E-state index contributed by atoms with van der Waals surface area (Å²) in [5.41, 5.74) is 8.65. The normalized spacial score (nSPS) is 10.2. The van der Waals surface area contributed by atoms with E-state index in [1.165, 1.54) is 10.6 Å². The average Bonchev–Trinajstić information content (AvgIpc) is 3.46. The van der Waals surface area contributed by atoms with Crippen molar-refractivity contribution in [3.05, 3.63) is 371 Å². The van der Waals surface area contributed by atoms with Crippen molar-refractivity contribution in [2.75, 3.05) is 13.1 Å². The summed E-state index contributed by atoms with van der Waals surface area (Å²) < 4.78 is 0. The van der Waals surface area contributed by atoms with Gasteiger partial charge in [0.1, 0.15) is 5.58 Å². The zero-order chi connectivity index (χ0) is 60.0. The monoisotopic (exact) mass is 1270 g/mol. The summed E-state index contributed by atoms with van der Waals surface area (Å²) in [5, 5.41) is 15.0. The number of aliphatic imine (C=N–C) groups is 1. The van der Waals surface area contributed by atoms with Crippen molar-refractivity contribution in [3.63, 3.8) is 0 Å². The number of hydrogen-bond donors (Lipinski definition) is 1. The molecular formula is C76H92N4PZr2-5. The van der Waals surface area contributed by atoms with E-state index >= 15 is 0 Å². The van der Waals surface area contributed by atoms with Crippen LogP contribution in [-0.2, 0) is 52.4 Å². The minimum atomic E-state index is -0.646. The quantitative estimate of drug-likeness (QED) is 0.0735. The van der Waals surface area contributed by atoms with Gasteiger partial charge in [-0.15, -0.1) is 97.4 Å². The molecule has 0 saturated carbocycles. The molecule has 0 radical (unpaired) electrons. The number of nitrogens with one attached hydrogen (secondary N) is 1. The van der Waals surface area contributed by atoms with E-state index in [1.54, 1.807) is 0 Å². The Morgan fingerprint density at radius 1 is 0.398 bits per heavy atom. The second-order valence-corrected chi connectivity index (χ2v) is 22.1. The van der Waals surface area contributed by atoms with Crippen molar-refractivity contribution in [1.29, 1.82) is 0 Å². The van der Waals surface area contributed by atoms with Crippen LogP contribution < -0.4 is 15.9 Å². The van der Waals surface area contributed by atoms with Gasteiger partial charge in [0.2, 0.25) is 0 Å². The molecule has 0 aromatic heterocycles. The average molecular weight is 1280 g/mol. The first-order chi connectivity index (χ1) is 38.7. The molecule has 83 heavy (non-hydrogen) atoms. The predicted molar refractivity (Wildman–Crippen MR) is 363 cm³/mol. The first-order valence-electron chi connectivity index (χ1n) is 27.4. The Morgan fingerprint density at radius 2 is 0.602 bits per heavy atom. The molecule has 0 amide bonds. The molecule has 0 aliphatic carbocycles. The molecule has 0 bridgehead atoms. The third-order valence-corrected chi connectivity index (χ3v) is 12.3. The van der Waals surface area contributed by atoms with Crippen LogP contribution in [0, 0.1) is 48.5 Å². The Hall–Kier alpha value is -6.34. The number of nitrogens with zero attached hydrogens (tertiary/aromatic N) is 3. The SMILES string of the molecule is CCN=C(NC(C)(C)C)P(c1ccccc1)c1ccccc1.CC[N-]C(C)[N-]C(C)(C)C.[CH2-]c1ccccc1.[CH2-]c1ccccc1.[CH2-]c1ccccc1.[CH2-]c1ccccc1.[CH2-]c1ccccc1.[CH2-]c1ccccc1.[CH2-]c1ccccc1.[Zr+4].[Zr]. The van der Waals surface area contributed by atoms with E-state index in [-0.39, 0.29) is 69.7 Å². The van der Waals surface area contributed by atoms with Crippen LogP contribution in [0.5, 0.6) is 0 Å². The van der Waals surface area contributed by atoms with Crippen molar-refractivity contribution in [1.82, 2.24) is 5.32 Å². The number of rotatable bonds is 7. The maximum absolute atomic E-state index is 4.80. The first-order valence-corrected chi connectivity index (χ1v) is 28.8. The van der Waals surface area contributed by atoms with Crippen LogP contribution in [0.2, 0.25) is 0 Å². The van der Waals surface area contributed by atoms with Gasteiger partial charge in [-0.25, -0.2) is 6.17 Å². The van der Waals surface area contributed by atoms with Gasteiger partial charge in [0.25, 0.3) is 0 Å². The summed E-state index contributed by atoms with van der Waals surface area (Å²) in [5.74, 6) is 0. The van der Waals surface area contributed by atoms with Gasteiger partial charge in [0.05, 0.1) is 0 Å². The molecule has 1 N–H and O–H groups in total. The smallest absolute Gasteiger partial charge is 0.678 e. The summed E-state index contributed by atoms with van der Waals surface area (Å²) >= 11 is 0. The number of amidine groups is 1. The minimum absolute atomic E-state index is 0. The van der Waals surface area contributed by atoms with E-state index in [9.17, 15) is 0 Å². The summed E-state index contributed by atoms with van der Waals surface area (Å²) in [6, 6.07) is 90.5. The van der Waals surface area contributed by atoms with Crippen molar-refractivity contribution < 1.29 is 52.4 Å². The van der Waals surface area contributed by atoms with Crippen LogP contribution >= 0.6 is 7.92 Å². The third-order valence-electron chi connectivity index (χ3n) is 9.96. The second kappa shape index (κ2) is 49.1. The second-order valence-electron chi connectivity index (χ2n) is 20.0. The molecule has 1 unspecified atom stereocenters. The van der Waals surface area contributed by atoms with Gasteiger partial charge < -0.3 is 16.0 Å². The molecule has 9 aromatic carbocycles. The first kappa shape index (κ1) is 78.7. The Kier molecular flexibility index (Phi) is 46.6. The van der Waals surface area contributed by atoms with Gasteiger partial charge in [-0.3, -0.25) is 4.99 Å². The molecule has 0 aliphatic rings. The zero-order valence-electron chi connectivity index (χ0n) is 51.2. The molecule has 0 aliphatic heterocycles. The van der Waals surface area contributed by atoms with E-state index in [0.717, 1.165) is 57.6 Å². The van der Waals surface area contributed by atoms with Crippen molar-refractivity contribution in [2.45, 2.75) is 79.6 Å². The molecule has 7 heteroatoms. The van der Waals surface area contributed by atoms with Gasteiger partial charge in [0, 0.05) is 46.2 Å². The number of benzene rings is 9. The van der Waals surface area contributed by atoms with Crippen molar-refractivity contribution >= 4 is 24.1 Å². The fourth-order valence-electron chi connectivity index (χ4n) is 6.41. The minimum Gasteiger partial charge on any atom is -0.678 e. The van der Waals surface area contributed by atoms with Crippen LogP contribution in [0.1, 0.15) is 101 Å². The Bertz CT molecular complexity index is 2410. The van der Waals surface area contributed by atoms with Gasteiger partial charge in [0.15, 0.2) is 0 Å². The number of hydrogen-bond acceptors (Lipinski definition) is 1. The fourth-order valence-corrected chi connectivity index (χ4v) is 8.87. The van der Waals surface area contributed by atoms with Crippen molar-refractivity contribution in [3.8, 4) is 0 Å². The third kappa shape index (κ3) is 46.8. The van der Waals surface area contributed by atoms with E-state index < -0.39 is 7.92 Å². The Morgan fingerprint density at radius 3 is 0.747 bits per heavy atom. The summed E-state index contributed by atoms with van der Waals surface area (Å²) in [4.78, 5) is 4.80. The van der Waals surface area contributed by atoms with E-state index in [2.05, 4.69) is 174 Å². The molecule has 0 heterocycles. The van der Waals surface area contributed by atoms with Crippen LogP contribution in [0.25, 0.3) is 10.6 Å². The summed E-state index contributed by atoms with van der Waals surface area (Å²) in [6.45, 7) is 46.7. The van der Waals surface area contributed by atoms with Gasteiger partial charge >= 0.3 is 26.2 Å². The molecule has 4 nitrogen and oxygen atoms in total. The fraction of sp³-hybridized carbons (Fsp3) is 0.184.